The monoisotopic (exact) mass is 404 g/mol. The smallest absolute Gasteiger partial charge is 0.203 e. The second-order valence-corrected chi connectivity index (χ2v) is 6.42. The van der Waals surface area contributed by atoms with E-state index in [0.29, 0.717) is 39.7 Å². The maximum Gasteiger partial charge on any atom is 0.203 e. The molecule has 0 saturated heterocycles. The number of hydrogen-bond donors (Lipinski definition) is 0. The lowest BCUT2D eigenvalue weighted by molar-refractivity contribution is 0.103. The third-order valence-electron chi connectivity index (χ3n) is 4.75. The minimum absolute atomic E-state index is 0.201. The van der Waals surface area contributed by atoms with Crippen LogP contribution in [0.4, 0.5) is 0 Å². The predicted molar refractivity (Wildman–Crippen MR) is 111 cm³/mol. The molecule has 0 amide bonds. The zero-order chi connectivity index (χ0) is 21.1. The molecule has 0 radical (unpaired) electrons. The number of ketones is 1. The van der Waals surface area contributed by atoms with Gasteiger partial charge in [0.25, 0.3) is 0 Å². The van der Waals surface area contributed by atoms with Crippen molar-refractivity contribution in [2.45, 2.75) is 0 Å². The lowest BCUT2D eigenvalue weighted by atomic mass is 10.0. The van der Waals surface area contributed by atoms with Gasteiger partial charge in [-0.3, -0.25) is 9.78 Å². The minimum atomic E-state index is -0.201. The lowest BCUT2D eigenvalue weighted by Crippen LogP contribution is -2.04. The fourth-order valence-electron chi connectivity index (χ4n) is 3.30. The average Bonchev–Trinajstić information content (AvgIpc) is 3.48. The van der Waals surface area contributed by atoms with Gasteiger partial charge >= 0.3 is 0 Å². The van der Waals surface area contributed by atoms with Gasteiger partial charge in [0.2, 0.25) is 5.75 Å². The quantitative estimate of drug-likeness (QED) is 0.425. The highest BCUT2D eigenvalue weighted by Gasteiger charge is 2.23. The molecule has 7 heteroatoms. The topological polar surface area (TPSA) is 75.7 Å². The van der Waals surface area contributed by atoms with Gasteiger partial charge in [-0.15, -0.1) is 0 Å². The molecule has 0 aliphatic heterocycles. The van der Waals surface area contributed by atoms with Crippen LogP contribution in [0.25, 0.3) is 17.0 Å². The molecule has 7 nitrogen and oxygen atoms in total. The van der Waals surface area contributed by atoms with Gasteiger partial charge in [0, 0.05) is 41.6 Å². The summed E-state index contributed by atoms with van der Waals surface area (Å²) >= 11 is 0. The number of aromatic nitrogens is 2. The molecule has 0 aliphatic rings. The van der Waals surface area contributed by atoms with Crippen molar-refractivity contribution >= 4 is 5.78 Å². The second-order valence-electron chi connectivity index (χ2n) is 6.42. The highest BCUT2D eigenvalue weighted by Crippen LogP contribution is 2.39. The molecule has 4 aromatic rings. The normalized spacial score (nSPS) is 10.6. The van der Waals surface area contributed by atoms with E-state index in [1.807, 2.05) is 29.0 Å². The first-order valence-corrected chi connectivity index (χ1v) is 9.17. The van der Waals surface area contributed by atoms with Crippen LogP contribution in [0.15, 0.2) is 71.9 Å². The van der Waals surface area contributed by atoms with E-state index in [4.69, 9.17) is 18.6 Å². The fourth-order valence-corrected chi connectivity index (χ4v) is 3.30. The van der Waals surface area contributed by atoms with Crippen molar-refractivity contribution in [3.8, 4) is 34.3 Å². The van der Waals surface area contributed by atoms with Gasteiger partial charge in [0.15, 0.2) is 17.3 Å². The molecule has 152 valence electrons. The van der Waals surface area contributed by atoms with Gasteiger partial charge in [-0.2, -0.15) is 0 Å². The second kappa shape index (κ2) is 8.16. The summed E-state index contributed by atoms with van der Waals surface area (Å²) in [5, 5.41) is 0. The molecular formula is C23H20N2O5. The zero-order valence-electron chi connectivity index (χ0n) is 16.8. The Morgan fingerprint density at radius 2 is 1.67 bits per heavy atom. The van der Waals surface area contributed by atoms with E-state index in [1.54, 1.807) is 43.1 Å². The molecule has 1 aromatic carbocycles. The third kappa shape index (κ3) is 3.41. The minimum Gasteiger partial charge on any atom is -0.493 e. The summed E-state index contributed by atoms with van der Waals surface area (Å²) in [6.45, 7) is 0. The summed E-state index contributed by atoms with van der Waals surface area (Å²) in [6.07, 6.45) is 8.61. The Morgan fingerprint density at radius 1 is 0.967 bits per heavy atom. The first-order chi connectivity index (χ1) is 14.7. The molecule has 3 aromatic heterocycles. The van der Waals surface area contributed by atoms with Gasteiger partial charge in [-0.1, -0.05) is 0 Å². The fraction of sp³-hybridized carbons (Fsp3) is 0.130. The van der Waals surface area contributed by atoms with E-state index in [1.165, 1.54) is 21.3 Å². The van der Waals surface area contributed by atoms with Crippen molar-refractivity contribution in [2.75, 3.05) is 21.3 Å². The molecule has 3 heterocycles. The number of hydrogen-bond acceptors (Lipinski definition) is 6. The number of carbonyl (C=O) groups is 1. The first kappa shape index (κ1) is 19.3. The summed E-state index contributed by atoms with van der Waals surface area (Å²) in [6, 6.07) is 10.6. The molecule has 0 bridgehead atoms. The molecule has 0 atom stereocenters. The molecule has 30 heavy (non-hydrogen) atoms. The molecule has 0 N–H and O–H groups in total. The largest absolute Gasteiger partial charge is 0.493 e. The molecule has 0 spiro atoms. The van der Waals surface area contributed by atoms with Crippen LogP contribution < -0.4 is 14.2 Å². The van der Waals surface area contributed by atoms with E-state index >= 15 is 0 Å². The number of carbonyl (C=O) groups excluding carboxylic acids is 1. The van der Waals surface area contributed by atoms with Crippen LogP contribution in [0.2, 0.25) is 0 Å². The van der Waals surface area contributed by atoms with Crippen LogP contribution in [0.3, 0.4) is 0 Å². The maximum atomic E-state index is 13.5. The van der Waals surface area contributed by atoms with Crippen LogP contribution in [-0.4, -0.2) is 36.7 Å². The Morgan fingerprint density at radius 3 is 2.23 bits per heavy atom. The SMILES string of the molecule is COc1cc(C(=O)c2cn(-c3ccncc3)cc2-c2ccco2)cc(OC)c1OC. The first-order valence-electron chi connectivity index (χ1n) is 9.17. The molecule has 0 fully saturated rings. The Bertz CT molecular complexity index is 1140. The van der Waals surface area contributed by atoms with E-state index < -0.39 is 0 Å². The Balaban J connectivity index is 1.86. The number of nitrogens with zero attached hydrogens (tertiary/aromatic N) is 2. The average molecular weight is 404 g/mol. The summed E-state index contributed by atoms with van der Waals surface area (Å²) < 4.78 is 23.6. The predicted octanol–water partition coefficient (Wildman–Crippen LogP) is 4.39. The van der Waals surface area contributed by atoms with Gasteiger partial charge in [0.05, 0.1) is 33.2 Å². The van der Waals surface area contributed by atoms with Gasteiger partial charge < -0.3 is 23.2 Å². The number of ether oxygens (including phenoxy) is 3. The number of benzene rings is 1. The van der Waals surface area contributed by atoms with Crippen LogP contribution >= 0.6 is 0 Å². The van der Waals surface area contributed by atoms with Crippen LogP contribution in [0.1, 0.15) is 15.9 Å². The maximum absolute atomic E-state index is 13.5. The Labute approximate surface area is 173 Å². The van der Waals surface area contributed by atoms with Crippen LogP contribution in [0.5, 0.6) is 17.2 Å². The third-order valence-corrected chi connectivity index (χ3v) is 4.75. The van der Waals surface area contributed by atoms with Crippen molar-refractivity contribution in [3.63, 3.8) is 0 Å². The van der Waals surface area contributed by atoms with E-state index in [9.17, 15) is 4.79 Å². The Kier molecular flexibility index (Phi) is 5.26. The number of rotatable bonds is 7. The molecule has 0 saturated carbocycles. The molecule has 4 rings (SSSR count). The Hall–Kier alpha value is -4.00. The van der Waals surface area contributed by atoms with E-state index in [0.717, 1.165) is 5.69 Å². The van der Waals surface area contributed by atoms with Gasteiger partial charge in [-0.25, -0.2) is 0 Å². The highest BCUT2D eigenvalue weighted by atomic mass is 16.5. The van der Waals surface area contributed by atoms with E-state index in [2.05, 4.69) is 4.98 Å². The molecule has 0 unspecified atom stereocenters. The van der Waals surface area contributed by atoms with Crippen molar-refractivity contribution in [2.24, 2.45) is 0 Å². The van der Waals surface area contributed by atoms with Crippen molar-refractivity contribution in [3.05, 3.63) is 78.6 Å². The van der Waals surface area contributed by atoms with Crippen molar-refractivity contribution in [1.82, 2.24) is 9.55 Å². The summed E-state index contributed by atoms with van der Waals surface area (Å²) in [5.74, 6) is 1.64. The highest BCUT2D eigenvalue weighted by molar-refractivity contribution is 6.13. The van der Waals surface area contributed by atoms with Gasteiger partial charge in [0.1, 0.15) is 5.76 Å². The lowest BCUT2D eigenvalue weighted by Gasteiger charge is -2.13. The number of methoxy groups -OCH3 is 3. The van der Waals surface area contributed by atoms with Crippen LogP contribution in [0, 0.1) is 0 Å². The summed E-state index contributed by atoms with van der Waals surface area (Å²) in [7, 11) is 4.55. The molecular weight excluding hydrogens is 384 g/mol. The summed E-state index contributed by atoms with van der Waals surface area (Å²) in [5.41, 5.74) is 2.44. The zero-order valence-corrected chi connectivity index (χ0v) is 16.8. The number of pyridine rings is 1. The van der Waals surface area contributed by atoms with Crippen molar-refractivity contribution < 1.29 is 23.4 Å². The number of furan rings is 1. The molecule has 0 aliphatic carbocycles. The van der Waals surface area contributed by atoms with Crippen LogP contribution in [-0.2, 0) is 0 Å². The van der Waals surface area contributed by atoms with Gasteiger partial charge in [-0.05, 0) is 36.4 Å². The standard InChI is InChI=1S/C23H20N2O5/c1-27-20-11-15(12-21(28-2)23(20)29-3)22(26)18-14-25(16-6-8-24-9-7-16)13-17(18)19-5-4-10-30-19/h4-14H,1-3H3. The van der Waals surface area contributed by atoms with E-state index in [-0.39, 0.29) is 5.78 Å². The van der Waals surface area contributed by atoms with Crippen molar-refractivity contribution in [1.29, 1.82) is 0 Å². The summed E-state index contributed by atoms with van der Waals surface area (Å²) in [4.78, 5) is 17.6.